The van der Waals surface area contributed by atoms with E-state index in [9.17, 15) is 46.0 Å². The minimum Gasteiger partial charge on any atom is -0.504 e. The summed E-state index contributed by atoms with van der Waals surface area (Å²) >= 11 is 0. The zero-order chi connectivity index (χ0) is 53.0. The van der Waals surface area contributed by atoms with Crippen LogP contribution in [0.25, 0.3) is 0 Å². The van der Waals surface area contributed by atoms with E-state index >= 15 is 0 Å². The molecule has 9 N–H and O–H groups in total. The van der Waals surface area contributed by atoms with Crippen molar-refractivity contribution in [3.8, 4) is 34.5 Å². The quantitative estimate of drug-likeness (QED) is 0.157. The predicted octanol–water partition coefficient (Wildman–Crippen LogP) is 5.12. The van der Waals surface area contributed by atoms with Gasteiger partial charge in [-0.2, -0.15) is 0 Å². The number of phenolic OH excluding ortho intramolecular Hbond substituents is 3. The van der Waals surface area contributed by atoms with Gasteiger partial charge >= 0.3 is 0 Å². The number of hydrogen-bond acceptors (Lipinski definition) is 15. The Morgan fingerprint density at radius 2 is 0.679 bits per heavy atom. The molecule has 6 aliphatic heterocycles. The first-order valence-electron chi connectivity index (χ1n) is 30.6. The number of aliphatic hydroxyl groups excluding tert-OH is 3. The minimum absolute atomic E-state index is 0.0819. The molecule has 420 valence electrons. The maximum Gasteiger partial charge on any atom is 0.165 e. The number of benzene rings is 3. The van der Waals surface area contributed by atoms with Crippen LogP contribution in [0.3, 0.4) is 0 Å². The third-order valence-electron chi connectivity index (χ3n) is 24.8. The number of likely N-dealkylation sites (tertiary alicyclic amines) is 3. The molecule has 0 aromatic heterocycles. The predicted molar refractivity (Wildman–Crippen MR) is 286 cm³/mol. The molecular weight excluding hydrogens is 991 g/mol. The Bertz CT molecular complexity index is 2640. The molecule has 6 saturated carbocycles. The van der Waals surface area contributed by atoms with E-state index in [-0.39, 0.29) is 35.4 Å². The molecule has 6 heterocycles. The van der Waals surface area contributed by atoms with Gasteiger partial charge in [-0.05, 0) is 188 Å². The van der Waals surface area contributed by atoms with E-state index in [1.807, 2.05) is 18.2 Å². The Balaban J connectivity index is 0.0000000978. The van der Waals surface area contributed by atoms with Crippen molar-refractivity contribution in [2.24, 2.45) is 17.8 Å². The monoisotopic (exact) mass is 1070 g/mol. The molecule has 15 heteroatoms. The van der Waals surface area contributed by atoms with Crippen LogP contribution in [-0.4, -0.2) is 171 Å². The lowest BCUT2D eigenvalue weighted by Crippen LogP contribution is -2.77. The molecule has 0 amide bonds. The van der Waals surface area contributed by atoms with Crippen molar-refractivity contribution in [2.45, 2.75) is 223 Å². The molecule has 3 aromatic carbocycles. The van der Waals surface area contributed by atoms with E-state index < -0.39 is 69.7 Å². The molecule has 0 unspecified atom stereocenters. The van der Waals surface area contributed by atoms with Crippen LogP contribution in [0.1, 0.15) is 149 Å². The first-order chi connectivity index (χ1) is 37.6. The topological polar surface area (TPSA) is 219 Å². The summed E-state index contributed by atoms with van der Waals surface area (Å²) in [4.78, 5) is 7.58. The Kier molecular flexibility index (Phi) is 10.9. The van der Waals surface area contributed by atoms with Gasteiger partial charge in [-0.3, -0.25) is 14.7 Å². The van der Waals surface area contributed by atoms with E-state index in [4.69, 9.17) is 14.2 Å². The van der Waals surface area contributed by atoms with Gasteiger partial charge in [-0.1, -0.05) is 37.5 Å². The van der Waals surface area contributed by atoms with Crippen molar-refractivity contribution in [1.29, 1.82) is 0 Å². The number of rotatable bonds is 6. The summed E-state index contributed by atoms with van der Waals surface area (Å²) in [6.07, 6.45) is 17.0. The SMILES string of the molecule is Oc1ccc2c3c1O[C@H]1[C@@H](O)CC[C@@]4(O)[C@@H](C2)N(CC2CCC2)CC[C@]314.Oc1ccc2c3c1O[C@H]1[C@@H](O)CC[C@@]4(O)[C@@H](C2)N(CC2CCC2)CC[C@]314.Oc1ccc2c3c1O[C@H]1[C@@H](O)CC[C@@]4(O)[C@@H](C2)N(CC2CCC2)CC[C@]314. The molecule has 0 radical (unpaired) electrons. The van der Waals surface area contributed by atoms with Crippen LogP contribution in [0, 0.1) is 17.8 Å². The van der Waals surface area contributed by atoms with Gasteiger partial charge in [0.05, 0.1) is 51.4 Å². The van der Waals surface area contributed by atoms with Gasteiger partial charge in [0.2, 0.25) is 0 Å². The zero-order valence-corrected chi connectivity index (χ0v) is 45.1. The van der Waals surface area contributed by atoms with Crippen LogP contribution in [0.5, 0.6) is 34.5 Å². The number of piperidine rings is 3. The number of phenols is 3. The van der Waals surface area contributed by atoms with Crippen LogP contribution in [0.4, 0.5) is 0 Å². The Hall–Kier alpha value is -3.90. The summed E-state index contributed by atoms with van der Waals surface area (Å²) in [6.45, 7) is 6.05. The number of nitrogens with zero attached hydrogens (tertiary/aromatic N) is 3. The maximum absolute atomic E-state index is 12.1. The lowest BCUT2D eigenvalue weighted by molar-refractivity contribution is -0.209. The summed E-state index contributed by atoms with van der Waals surface area (Å²) < 4.78 is 18.5. The molecule has 3 saturated heterocycles. The highest BCUT2D eigenvalue weighted by atomic mass is 16.5. The maximum atomic E-state index is 12.1. The fraction of sp³-hybridized carbons (Fsp3) is 0.714. The number of ether oxygens (including phenoxy) is 3. The second-order valence-corrected chi connectivity index (χ2v) is 27.7. The van der Waals surface area contributed by atoms with Gasteiger partial charge in [0, 0.05) is 54.5 Å². The van der Waals surface area contributed by atoms with Crippen molar-refractivity contribution in [3.05, 3.63) is 69.8 Å². The highest BCUT2D eigenvalue weighted by molar-refractivity contribution is 5.65. The van der Waals surface area contributed by atoms with E-state index in [1.54, 1.807) is 18.2 Å². The molecule has 15 nitrogen and oxygen atoms in total. The van der Waals surface area contributed by atoms with Crippen molar-refractivity contribution in [2.75, 3.05) is 39.3 Å². The number of aliphatic hydroxyl groups is 6. The molecule has 9 aliphatic carbocycles. The van der Waals surface area contributed by atoms with Gasteiger partial charge in [0.25, 0.3) is 0 Å². The third kappa shape index (κ3) is 6.22. The highest BCUT2D eigenvalue weighted by Crippen LogP contribution is 2.69. The van der Waals surface area contributed by atoms with E-state index in [2.05, 4.69) is 14.7 Å². The van der Waals surface area contributed by atoms with Crippen LogP contribution in [0.15, 0.2) is 36.4 Å². The average Bonchev–Trinajstić information content (AvgIpc) is 1.91. The summed E-state index contributed by atoms with van der Waals surface area (Å²) in [5.41, 5.74) is 2.13. The van der Waals surface area contributed by atoms with Gasteiger partial charge in [-0.25, -0.2) is 0 Å². The highest BCUT2D eigenvalue weighted by Gasteiger charge is 2.76. The fourth-order valence-electron chi connectivity index (χ4n) is 20.5. The fourth-order valence-corrected chi connectivity index (χ4v) is 20.5. The molecule has 3 spiro atoms. The zero-order valence-electron chi connectivity index (χ0n) is 45.1. The van der Waals surface area contributed by atoms with Gasteiger partial charge in [-0.15, -0.1) is 0 Å². The van der Waals surface area contributed by atoms with E-state index in [0.717, 1.165) is 112 Å². The summed E-state index contributed by atoms with van der Waals surface area (Å²) in [6, 6.07) is 11.4. The van der Waals surface area contributed by atoms with E-state index in [1.165, 1.54) is 74.5 Å². The Morgan fingerprint density at radius 1 is 0.397 bits per heavy atom. The average molecular weight is 1070 g/mol. The summed E-state index contributed by atoms with van der Waals surface area (Å²) in [7, 11) is 0. The molecule has 15 aliphatic rings. The molecule has 6 bridgehead atoms. The van der Waals surface area contributed by atoms with Crippen molar-refractivity contribution in [3.63, 3.8) is 0 Å². The van der Waals surface area contributed by atoms with Gasteiger partial charge in [0.15, 0.2) is 34.5 Å². The Morgan fingerprint density at radius 3 is 0.936 bits per heavy atom. The molecule has 15 atom stereocenters. The largest absolute Gasteiger partial charge is 0.504 e. The molecular formula is C63H81N3O12. The third-order valence-corrected chi connectivity index (χ3v) is 24.8. The van der Waals surface area contributed by atoms with Crippen molar-refractivity contribution >= 4 is 0 Å². The number of hydrogen-bond donors (Lipinski definition) is 9. The minimum atomic E-state index is -0.884. The molecule has 78 heavy (non-hydrogen) atoms. The van der Waals surface area contributed by atoms with Crippen molar-refractivity contribution < 1.29 is 60.2 Å². The number of aromatic hydroxyl groups is 3. The van der Waals surface area contributed by atoms with Gasteiger partial charge < -0.3 is 60.2 Å². The summed E-state index contributed by atoms with van der Waals surface area (Å²) in [5.74, 6) is 4.26. The lowest BCUT2D eigenvalue weighted by atomic mass is 9.48. The van der Waals surface area contributed by atoms with Crippen LogP contribution in [0.2, 0.25) is 0 Å². The standard InChI is InChI=1S/3C21H27NO4/c3*23-14-5-4-13-10-16-21(25)7-6-15(24)19-20(21,17(13)18(14)26-19)8-9-22(16)11-12-2-1-3-12/h3*4-5,12,15-16,19,23-25H,1-3,6-11H2/t3*15-,16+,19-,20-,21+/m000/s1. The normalized spacial score (nSPS) is 43.5. The second-order valence-electron chi connectivity index (χ2n) is 27.7. The van der Waals surface area contributed by atoms with Crippen LogP contribution >= 0.6 is 0 Å². The van der Waals surface area contributed by atoms with Gasteiger partial charge in [0.1, 0.15) is 18.3 Å². The van der Waals surface area contributed by atoms with Crippen LogP contribution < -0.4 is 14.2 Å². The Labute approximate surface area is 457 Å². The molecule has 3 aromatic rings. The first kappa shape index (κ1) is 49.9. The molecule has 9 fully saturated rings. The van der Waals surface area contributed by atoms with E-state index in [0.29, 0.717) is 55.8 Å². The van der Waals surface area contributed by atoms with Crippen LogP contribution in [-0.2, 0) is 35.5 Å². The smallest absolute Gasteiger partial charge is 0.165 e. The summed E-state index contributed by atoms with van der Waals surface area (Å²) in [5, 5.41) is 99.6. The lowest BCUT2D eigenvalue weighted by Gasteiger charge is -2.64. The van der Waals surface area contributed by atoms with Crippen molar-refractivity contribution in [1.82, 2.24) is 14.7 Å². The molecule has 18 rings (SSSR count). The second kappa shape index (κ2) is 17.1. The first-order valence-corrected chi connectivity index (χ1v) is 30.6.